The van der Waals surface area contributed by atoms with E-state index in [0.717, 1.165) is 34.2 Å². The van der Waals surface area contributed by atoms with Gasteiger partial charge in [0, 0.05) is 31.0 Å². The molecule has 0 radical (unpaired) electrons. The van der Waals surface area contributed by atoms with E-state index in [2.05, 4.69) is 54.2 Å². The van der Waals surface area contributed by atoms with Crippen molar-refractivity contribution in [2.75, 3.05) is 0 Å². The summed E-state index contributed by atoms with van der Waals surface area (Å²) in [7, 11) is -21.3. The maximum atomic E-state index is 9.87. The number of benzene rings is 2. The summed E-state index contributed by atoms with van der Waals surface area (Å²) in [5, 5.41) is 0. The van der Waals surface area contributed by atoms with E-state index in [4.69, 9.17) is 0 Å². The Morgan fingerprint density at radius 3 is 0.915 bits per heavy atom. The molecule has 0 aliphatic rings. The number of nitrogens with zero attached hydrogens (tertiary/aromatic N) is 6. The van der Waals surface area contributed by atoms with Crippen molar-refractivity contribution in [2.24, 2.45) is 4.99 Å². The number of pyridine rings is 5. The summed E-state index contributed by atoms with van der Waals surface area (Å²) in [6, 6.07) is 47.5. The van der Waals surface area contributed by atoms with Gasteiger partial charge in [0.1, 0.15) is 0 Å². The maximum Gasteiger partial charge on any atom is 2.00 e. The first-order valence-electron chi connectivity index (χ1n) is 16.1. The molecule has 0 unspecified atom stereocenters. The molecule has 5 aromatic heterocycles. The van der Waals surface area contributed by atoms with Crippen molar-refractivity contribution in [1.29, 1.82) is 0 Å². The van der Waals surface area contributed by atoms with Crippen LogP contribution in [-0.2, 0) is 19.5 Å². The van der Waals surface area contributed by atoms with E-state index in [1.165, 1.54) is 11.1 Å². The van der Waals surface area contributed by atoms with Crippen molar-refractivity contribution in [1.82, 2.24) is 24.9 Å². The van der Waals surface area contributed by atoms with Gasteiger partial charge in [-0.2, -0.15) is 0 Å². The van der Waals surface area contributed by atoms with Gasteiger partial charge in [-0.25, -0.2) is 0 Å². The van der Waals surface area contributed by atoms with Crippen LogP contribution in [0.1, 0.15) is 5.69 Å². The smallest absolute Gasteiger partial charge is 0.255 e. The molecule has 2 aromatic carbocycles. The molecule has 0 fully saturated rings. The predicted octanol–water partition coefficient (Wildman–Crippen LogP) is 15.5. The largest absolute Gasteiger partial charge is 2.00 e. The fraction of sp³-hybridized carbons (Fsp3) is 0. The Labute approximate surface area is 342 Å². The van der Waals surface area contributed by atoms with E-state index < -0.39 is 15.6 Å². The summed E-state index contributed by atoms with van der Waals surface area (Å²) < 4.78 is 118. The minimum Gasteiger partial charge on any atom is -0.255 e. The van der Waals surface area contributed by atoms with Gasteiger partial charge in [0.25, 0.3) is 0 Å². The minimum atomic E-state index is -10.7. The maximum absolute atomic E-state index is 10.7. The Morgan fingerprint density at radius 2 is 0.627 bits per heavy atom. The van der Waals surface area contributed by atoms with E-state index in [0.29, 0.717) is 0 Å². The first kappa shape index (κ1) is 49.6. The van der Waals surface area contributed by atoms with Crippen molar-refractivity contribution in [2.45, 2.75) is 0 Å². The number of aromatic nitrogens is 5. The summed E-state index contributed by atoms with van der Waals surface area (Å²) in [6.45, 7) is 0. The molecule has 0 saturated heterocycles. The Hall–Kier alpha value is -5.50. The zero-order chi connectivity index (χ0) is 42.9. The van der Waals surface area contributed by atoms with E-state index in [1.807, 2.05) is 121 Å². The van der Waals surface area contributed by atoms with Crippen molar-refractivity contribution < 1.29 is 69.8 Å². The number of aliphatic imine (C=N–C) groups is 1. The second kappa shape index (κ2) is 19.5. The molecule has 314 valence electrons. The van der Waals surface area contributed by atoms with E-state index in [-0.39, 0.29) is 19.5 Å². The fourth-order valence-corrected chi connectivity index (χ4v) is 4.02. The third-order valence-electron chi connectivity index (χ3n) is 6.19. The van der Waals surface area contributed by atoms with Gasteiger partial charge in [0.15, 0.2) is 0 Å². The molecule has 0 aliphatic heterocycles. The Morgan fingerprint density at radius 1 is 0.339 bits per heavy atom. The molecule has 0 saturated carbocycles. The molecule has 7 aromatic rings. The molecule has 6 nitrogen and oxygen atoms in total. The first-order chi connectivity index (χ1) is 26.7. The summed E-state index contributed by atoms with van der Waals surface area (Å²) in [5.74, 6) is 0. The van der Waals surface area contributed by atoms with Crippen LogP contribution in [0.15, 0.2) is 182 Å². The minimum absolute atomic E-state index is 0. The molecular weight excluding hydrogens is 931 g/mol. The van der Waals surface area contributed by atoms with Gasteiger partial charge in [-0.15, -0.1) is 0 Å². The van der Waals surface area contributed by atoms with Gasteiger partial charge in [-0.3, -0.25) is 29.9 Å². The van der Waals surface area contributed by atoms with Gasteiger partial charge in [-0.1, -0.05) is 72.8 Å². The van der Waals surface area contributed by atoms with Crippen molar-refractivity contribution in [3.05, 3.63) is 182 Å². The second-order valence-corrected chi connectivity index (χ2v) is 15.0. The molecular formula is C38H30F12N6P2Ru. The molecule has 21 heteroatoms. The normalized spacial score (nSPS) is 13.1. The molecule has 0 atom stereocenters. The average Bonchev–Trinajstić information content (AvgIpc) is 3.18. The van der Waals surface area contributed by atoms with Gasteiger partial charge in [0.05, 0.1) is 40.4 Å². The Balaban J connectivity index is 0.000000270. The van der Waals surface area contributed by atoms with E-state index in [1.54, 1.807) is 37.2 Å². The fourth-order valence-electron chi connectivity index (χ4n) is 4.02. The average molecular weight is 962 g/mol. The summed E-state index contributed by atoms with van der Waals surface area (Å²) in [4.78, 5) is 25.4. The second-order valence-electron chi connectivity index (χ2n) is 11.2. The van der Waals surface area contributed by atoms with Gasteiger partial charge < -0.3 is 0 Å². The number of rotatable bonds is 5. The predicted molar refractivity (Wildman–Crippen MR) is 205 cm³/mol. The number of hydrogen-bond donors (Lipinski definition) is 0. The standard InChI is InChI=1S/C18H14N2.2C10H8N2.2F6P.Ru/c1-2-6-15(7-3-1)16-9-11-17(12-10-16)20-14-18-8-4-5-13-19-18;2*1-3-7-11-9(5-1)10-6-2-4-8-12-10;2*1-7(2,3,4,5)6;/h1-14H;2*1-8H;;;/q;;;2*-1;+2. The quantitative estimate of drug-likeness (QED) is 0.0743. The molecule has 5 heterocycles. The van der Waals surface area contributed by atoms with Crippen molar-refractivity contribution >= 4 is 27.5 Å². The van der Waals surface area contributed by atoms with Gasteiger partial charge in [0.2, 0.25) is 0 Å². The molecule has 0 aliphatic carbocycles. The van der Waals surface area contributed by atoms with Crippen molar-refractivity contribution in [3.63, 3.8) is 0 Å². The summed E-state index contributed by atoms with van der Waals surface area (Å²) in [5.41, 5.74) is 7.86. The molecule has 0 N–H and O–H groups in total. The van der Waals surface area contributed by atoms with E-state index >= 15 is 0 Å². The number of halogens is 12. The SMILES string of the molecule is C(=Nc1ccc(-c2ccccc2)cc1)c1ccccn1.F[P-](F)(F)(F)(F)F.F[P-](F)(F)(F)(F)F.[Ru+2].c1ccc(-c2ccccn2)nc1.c1ccc(-c2ccccn2)nc1. The van der Waals surface area contributed by atoms with Gasteiger partial charge in [-0.05, 0) is 83.9 Å². The summed E-state index contributed by atoms with van der Waals surface area (Å²) >= 11 is 0. The van der Waals surface area contributed by atoms with Crippen LogP contribution in [-0.4, -0.2) is 31.1 Å². The zero-order valence-electron chi connectivity index (χ0n) is 29.8. The molecule has 0 spiro atoms. The van der Waals surface area contributed by atoms with Crippen LogP contribution in [0, 0.1) is 0 Å². The van der Waals surface area contributed by atoms with Gasteiger partial charge >= 0.3 is 85.5 Å². The van der Waals surface area contributed by atoms with Crippen LogP contribution in [0.3, 0.4) is 0 Å². The van der Waals surface area contributed by atoms with Crippen LogP contribution >= 0.6 is 15.6 Å². The topological polar surface area (TPSA) is 76.8 Å². The third-order valence-corrected chi connectivity index (χ3v) is 6.19. The van der Waals surface area contributed by atoms with Crippen LogP contribution < -0.4 is 0 Å². The van der Waals surface area contributed by atoms with Crippen LogP contribution in [0.25, 0.3) is 33.9 Å². The number of hydrogen-bond acceptors (Lipinski definition) is 6. The zero-order valence-corrected chi connectivity index (χ0v) is 33.3. The molecule has 0 bridgehead atoms. The molecule has 59 heavy (non-hydrogen) atoms. The van der Waals surface area contributed by atoms with Crippen molar-refractivity contribution in [3.8, 4) is 33.9 Å². The van der Waals surface area contributed by atoms with Crippen LogP contribution in [0.5, 0.6) is 0 Å². The molecule has 7 rings (SSSR count). The van der Waals surface area contributed by atoms with Crippen LogP contribution in [0.2, 0.25) is 0 Å². The molecule has 0 amide bonds. The Kier molecular flexibility index (Phi) is 16.4. The van der Waals surface area contributed by atoms with E-state index in [9.17, 15) is 50.4 Å². The first-order valence-corrected chi connectivity index (χ1v) is 20.2. The third kappa shape index (κ3) is 27.7. The monoisotopic (exact) mass is 962 g/mol. The Bertz CT molecular complexity index is 2090. The summed E-state index contributed by atoms with van der Waals surface area (Å²) in [6.07, 6.45) is 10.6. The van der Waals surface area contributed by atoms with Crippen LogP contribution in [0.4, 0.5) is 56.1 Å².